The number of nitrogens with two attached hydrogens (primary N) is 1. The summed E-state index contributed by atoms with van der Waals surface area (Å²) in [5.74, 6) is 0.133. The number of carbonyl (C=O) groups excluding carboxylic acids is 1. The van der Waals surface area contributed by atoms with E-state index >= 15 is 0 Å². The van der Waals surface area contributed by atoms with Gasteiger partial charge in [0.15, 0.2) is 0 Å². The summed E-state index contributed by atoms with van der Waals surface area (Å²) in [6, 6.07) is 5.36. The predicted octanol–water partition coefficient (Wildman–Crippen LogP) is 3.89. The van der Waals surface area contributed by atoms with Crippen LogP contribution in [0.4, 0.5) is 0 Å². The van der Waals surface area contributed by atoms with Crippen molar-refractivity contribution in [2.45, 2.75) is 32.2 Å². The van der Waals surface area contributed by atoms with Crippen LogP contribution in [-0.4, -0.2) is 24.4 Å². The molecule has 1 aromatic rings. The number of benzene rings is 1. The van der Waals surface area contributed by atoms with Crippen LogP contribution < -0.4 is 5.73 Å². The Labute approximate surface area is 142 Å². The molecule has 0 aromatic heterocycles. The van der Waals surface area contributed by atoms with E-state index in [1.54, 1.807) is 11.0 Å². The minimum absolute atomic E-state index is 0. The maximum atomic E-state index is 12.7. The molecule has 1 aliphatic rings. The third-order valence-corrected chi connectivity index (χ3v) is 4.53. The molecule has 0 spiro atoms. The lowest BCUT2D eigenvalue weighted by Crippen LogP contribution is -2.44. The molecular weight excluding hydrogens is 331 g/mol. The van der Waals surface area contributed by atoms with Gasteiger partial charge in [0, 0.05) is 30.2 Å². The first-order valence-electron chi connectivity index (χ1n) is 6.87. The van der Waals surface area contributed by atoms with E-state index in [4.69, 9.17) is 28.9 Å². The highest BCUT2D eigenvalue weighted by Gasteiger charge is 2.41. The molecule has 0 heterocycles. The number of hydrogen-bond donors (Lipinski definition) is 1. The predicted molar refractivity (Wildman–Crippen MR) is 90.1 cm³/mol. The van der Waals surface area contributed by atoms with Crippen molar-refractivity contribution in [3.8, 4) is 0 Å². The minimum Gasteiger partial charge on any atom is -0.341 e. The third-order valence-electron chi connectivity index (χ3n) is 4.09. The lowest BCUT2D eigenvalue weighted by molar-refractivity contribution is -0.140. The monoisotopic (exact) mass is 350 g/mol. The normalized spacial score (nSPS) is 16.4. The molecule has 3 nitrogen and oxygen atoms in total. The SMILES string of the molecule is CN(Cc1cc(Cl)cc(Cl)c1)C(=O)C1(CN)CCCC1.Cl. The molecule has 1 amide bonds. The molecule has 21 heavy (non-hydrogen) atoms. The maximum Gasteiger partial charge on any atom is 0.230 e. The van der Waals surface area contributed by atoms with Crippen molar-refractivity contribution in [1.29, 1.82) is 0 Å². The Morgan fingerprint density at radius 3 is 2.24 bits per heavy atom. The minimum atomic E-state index is -0.364. The fourth-order valence-corrected chi connectivity index (χ4v) is 3.58. The molecule has 0 saturated heterocycles. The van der Waals surface area contributed by atoms with Crippen LogP contribution in [-0.2, 0) is 11.3 Å². The van der Waals surface area contributed by atoms with E-state index < -0.39 is 0 Å². The lowest BCUT2D eigenvalue weighted by Gasteiger charge is -2.31. The molecule has 2 N–H and O–H groups in total. The molecule has 2 rings (SSSR count). The molecule has 0 aliphatic heterocycles. The first-order valence-corrected chi connectivity index (χ1v) is 7.63. The van der Waals surface area contributed by atoms with Crippen molar-refractivity contribution >= 4 is 41.5 Å². The summed E-state index contributed by atoms with van der Waals surface area (Å²) in [5, 5.41) is 1.17. The summed E-state index contributed by atoms with van der Waals surface area (Å²) in [6.45, 7) is 0.924. The summed E-state index contributed by atoms with van der Waals surface area (Å²) in [6.07, 6.45) is 3.95. The Balaban J connectivity index is 0.00000220. The highest BCUT2D eigenvalue weighted by Crippen LogP contribution is 2.38. The van der Waals surface area contributed by atoms with Crippen molar-refractivity contribution < 1.29 is 4.79 Å². The maximum absolute atomic E-state index is 12.7. The summed E-state index contributed by atoms with van der Waals surface area (Å²) < 4.78 is 0. The fraction of sp³-hybridized carbons (Fsp3) is 0.533. The average molecular weight is 352 g/mol. The van der Waals surface area contributed by atoms with E-state index in [2.05, 4.69) is 0 Å². The van der Waals surface area contributed by atoms with Gasteiger partial charge in [0.2, 0.25) is 5.91 Å². The van der Waals surface area contributed by atoms with Crippen LogP contribution in [0, 0.1) is 5.41 Å². The Morgan fingerprint density at radius 1 is 1.24 bits per heavy atom. The number of halogens is 3. The van der Waals surface area contributed by atoms with Crippen molar-refractivity contribution in [3.05, 3.63) is 33.8 Å². The number of carbonyl (C=O) groups is 1. The number of rotatable bonds is 4. The highest BCUT2D eigenvalue weighted by atomic mass is 35.5. The van der Waals surface area contributed by atoms with Crippen LogP contribution in [0.5, 0.6) is 0 Å². The average Bonchev–Trinajstić information content (AvgIpc) is 2.86. The van der Waals surface area contributed by atoms with Gasteiger partial charge in [0.1, 0.15) is 0 Å². The molecule has 0 bridgehead atoms. The van der Waals surface area contributed by atoms with Gasteiger partial charge in [-0.05, 0) is 36.6 Å². The second-order valence-corrected chi connectivity index (χ2v) is 6.50. The molecule has 6 heteroatoms. The van der Waals surface area contributed by atoms with Crippen molar-refractivity contribution in [2.75, 3.05) is 13.6 Å². The molecular formula is C15H21Cl3N2O. The van der Waals surface area contributed by atoms with Crippen LogP contribution in [0.3, 0.4) is 0 Å². The summed E-state index contributed by atoms with van der Waals surface area (Å²) in [7, 11) is 1.81. The van der Waals surface area contributed by atoms with Gasteiger partial charge in [-0.15, -0.1) is 12.4 Å². The number of hydrogen-bond acceptors (Lipinski definition) is 2. The number of nitrogens with zero attached hydrogens (tertiary/aromatic N) is 1. The molecule has 1 aliphatic carbocycles. The van der Waals surface area contributed by atoms with Crippen molar-refractivity contribution in [2.24, 2.45) is 11.1 Å². The first kappa shape index (κ1) is 18.6. The Hall–Kier alpha value is -0.480. The molecule has 0 atom stereocenters. The third kappa shape index (κ3) is 4.26. The van der Waals surface area contributed by atoms with Gasteiger partial charge in [-0.25, -0.2) is 0 Å². The molecule has 1 saturated carbocycles. The van der Waals surface area contributed by atoms with Gasteiger partial charge in [0.25, 0.3) is 0 Å². The van der Waals surface area contributed by atoms with E-state index in [0.717, 1.165) is 31.2 Å². The molecule has 0 unspecified atom stereocenters. The van der Waals surface area contributed by atoms with Crippen molar-refractivity contribution in [3.63, 3.8) is 0 Å². The second-order valence-electron chi connectivity index (χ2n) is 5.63. The lowest BCUT2D eigenvalue weighted by atomic mass is 9.84. The number of amides is 1. The molecule has 1 aromatic carbocycles. The largest absolute Gasteiger partial charge is 0.341 e. The highest BCUT2D eigenvalue weighted by molar-refractivity contribution is 6.34. The van der Waals surface area contributed by atoms with Gasteiger partial charge in [-0.3, -0.25) is 4.79 Å². The zero-order chi connectivity index (χ0) is 14.8. The molecule has 118 valence electrons. The Morgan fingerprint density at radius 2 is 1.76 bits per heavy atom. The quantitative estimate of drug-likeness (QED) is 0.894. The Kier molecular flexibility index (Phi) is 6.79. The van der Waals surface area contributed by atoms with Gasteiger partial charge >= 0.3 is 0 Å². The van der Waals surface area contributed by atoms with Gasteiger partial charge in [-0.2, -0.15) is 0 Å². The van der Waals surface area contributed by atoms with Crippen LogP contribution in [0.15, 0.2) is 18.2 Å². The van der Waals surface area contributed by atoms with Crippen LogP contribution in [0.1, 0.15) is 31.2 Å². The van der Waals surface area contributed by atoms with Crippen LogP contribution in [0.25, 0.3) is 0 Å². The van der Waals surface area contributed by atoms with Crippen molar-refractivity contribution in [1.82, 2.24) is 4.90 Å². The van der Waals surface area contributed by atoms with E-state index in [1.165, 1.54) is 0 Å². The van der Waals surface area contributed by atoms with Gasteiger partial charge in [-0.1, -0.05) is 36.0 Å². The van der Waals surface area contributed by atoms with Crippen LogP contribution >= 0.6 is 35.6 Å². The summed E-state index contributed by atoms with van der Waals surface area (Å²) in [4.78, 5) is 14.4. The topological polar surface area (TPSA) is 46.3 Å². The zero-order valence-electron chi connectivity index (χ0n) is 12.1. The van der Waals surface area contributed by atoms with E-state index in [-0.39, 0.29) is 23.7 Å². The molecule has 1 fully saturated rings. The molecule has 0 radical (unpaired) electrons. The smallest absolute Gasteiger partial charge is 0.230 e. The Bertz CT molecular complexity index is 481. The fourth-order valence-electron chi connectivity index (χ4n) is 3.01. The summed E-state index contributed by atoms with van der Waals surface area (Å²) >= 11 is 12.0. The zero-order valence-corrected chi connectivity index (χ0v) is 14.4. The standard InChI is InChI=1S/C15H20Cl2N2O.ClH/c1-19(9-11-6-12(16)8-13(17)7-11)14(20)15(10-18)4-2-3-5-15;/h6-8H,2-5,9-10,18H2,1H3;1H. The summed E-state index contributed by atoms with van der Waals surface area (Å²) in [5.41, 5.74) is 6.43. The first-order chi connectivity index (χ1) is 9.47. The van der Waals surface area contributed by atoms with E-state index in [0.29, 0.717) is 23.1 Å². The van der Waals surface area contributed by atoms with E-state index in [1.807, 2.05) is 19.2 Å². The van der Waals surface area contributed by atoms with E-state index in [9.17, 15) is 4.79 Å². The van der Waals surface area contributed by atoms with Gasteiger partial charge in [0.05, 0.1) is 5.41 Å². The second kappa shape index (κ2) is 7.68. The van der Waals surface area contributed by atoms with Gasteiger partial charge < -0.3 is 10.6 Å². The van der Waals surface area contributed by atoms with Crippen LogP contribution in [0.2, 0.25) is 10.0 Å².